The van der Waals surface area contributed by atoms with Gasteiger partial charge < -0.3 is 10.1 Å². The van der Waals surface area contributed by atoms with Gasteiger partial charge in [0.05, 0.1) is 27.8 Å². The number of anilines is 1. The number of thiazole rings is 1. The summed E-state index contributed by atoms with van der Waals surface area (Å²) in [6, 6.07) is 13.9. The number of aryl methyl sites for hydroxylation is 1. The highest BCUT2D eigenvalue weighted by Gasteiger charge is 2.11. The summed E-state index contributed by atoms with van der Waals surface area (Å²) in [7, 11) is 0. The molecule has 0 atom stereocenters. The van der Waals surface area contributed by atoms with E-state index in [1.807, 2.05) is 11.4 Å². The number of hydrogen-bond donors (Lipinski definition) is 2. The predicted octanol–water partition coefficient (Wildman–Crippen LogP) is 2.75. The average molecular weight is 422 g/mol. The van der Waals surface area contributed by atoms with Crippen LogP contribution < -0.4 is 21.3 Å². The Bertz CT molecular complexity index is 1290. The molecule has 2 aromatic heterocycles. The largest absolute Gasteiger partial charge is 0.485 e. The van der Waals surface area contributed by atoms with Crippen LogP contribution in [0.5, 0.6) is 5.75 Å². The Kier molecular flexibility index (Phi) is 5.71. The van der Waals surface area contributed by atoms with Gasteiger partial charge in [0.25, 0.3) is 5.56 Å². The summed E-state index contributed by atoms with van der Waals surface area (Å²) in [5, 5.41) is 5.12. The van der Waals surface area contributed by atoms with Gasteiger partial charge in [-0.1, -0.05) is 24.3 Å². The molecule has 30 heavy (non-hydrogen) atoms. The molecule has 4 rings (SSSR count). The Morgan fingerprint density at radius 3 is 2.77 bits per heavy atom. The molecule has 0 radical (unpaired) electrons. The van der Waals surface area contributed by atoms with E-state index in [0.717, 1.165) is 5.69 Å². The van der Waals surface area contributed by atoms with Crippen LogP contribution in [0.2, 0.25) is 0 Å². The van der Waals surface area contributed by atoms with Gasteiger partial charge in [0.15, 0.2) is 0 Å². The summed E-state index contributed by atoms with van der Waals surface area (Å²) >= 11 is 1.49. The van der Waals surface area contributed by atoms with Crippen molar-refractivity contribution in [2.75, 3.05) is 5.32 Å². The summed E-state index contributed by atoms with van der Waals surface area (Å²) in [6.07, 6.45) is 0.0519. The zero-order valence-electron chi connectivity index (χ0n) is 15.8. The van der Waals surface area contributed by atoms with E-state index in [1.165, 1.54) is 15.9 Å². The van der Waals surface area contributed by atoms with Gasteiger partial charge in [-0.2, -0.15) is 0 Å². The van der Waals surface area contributed by atoms with E-state index in [-0.39, 0.29) is 18.9 Å². The molecule has 1 amide bonds. The second-order valence-corrected chi connectivity index (χ2v) is 7.21. The highest BCUT2D eigenvalue weighted by atomic mass is 32.1. The van der Waals surface area contributed by atoms with Crippen LogP contribution >= 0.6 is 11.3 Å². The molecule has 0 aliphatic carbocycles. The van der Waals surface area contributed by atoms with Crippen LogP contribution in [0.15, 0.2) is 69.0 Å². The van der Waals surface area contributed by atoms with Crippen LogP contribution in [-0.2, 0) is 17.9 Å². The van der Waals surface area contributed by atoms with Gasteiger partial charge in [0, 0.05) is 18.3 Å². The van der Waals surface area contributed by atoms with Crippen molar-refractivity contribution in [3.63, 3.8) is 0 Å². The van der Waals surface area contributed by atoms with E-state index in [0.29, 0.717) is 28.9 Å². The molecule has 0 saturated carbocycles. The normalized spacial score (nSPS) is 10.8. The Labute approximate surface area is 174 Å². The molecule has 0 spiro atoms. The zero-order valence-corrected chi connectivity index (χ0v) is 16.6. The first-order valence-corrected chi connectivity index (χ1v) is 10.2. The number of carbonyl (C=O) groups excluding carboxylic acids is 1. The number of para-hydroxylation sites is 3. The van der Waals surface area contributed by atoms with Crippen LogP contribution in [0.3, 0.4) is 0 Å². The maximum Gasteiger partial charge on any atom is 0.328 e. The van der Waals surface area contributed by atoms with Crippen molar-refractivity contribution < 1.29 is 9.53 Å². The van der Waals surface area contributed by atoms with Gasteiger partial charge in [-0.25, -0.2) is 9.78 Å². The maximum atomic E-state index is 12.5. The molecule has 0 fully saturated rings. The molecule has 152 valence electrons. The molecule has 0 unspecified atom stereocenters. The molecule has 8 nitrogen and oxygen atoms in total. The van der Waals surface area contributed by atoms with E-state index >= 15 is 0 Å². The van der Waals surface area contributed by atoms with Crippen LogP contribution in [0.1, 0.15) is 12.1 Å². The summed E-state index contributed by atoms with van der Waals surface area (Å²) in [5.41, 5.74) is 2.59. The number of H-pyrrole nitrogens is 1. The third-order valence-corrected chi connectivity index (χ3v) is 5.12. The van der Waals surface area contributed by atoms with Crippen molar-refractivity contribution in [1.82, 2.24) is 14.5 Å². The molecule has 2 N–H and O–H groups in total. The first kappa shape index (κ1) is 19.6. The number of nitrogens with zero attached hydrogens (tertiary/aromatic N) is 2. The number of nitrogens with one attached hydrogen (secondary N) is 2. The van der Waals surface area contributed by atoms with Crippen LogP contribution in [-0.4, -0.2) is 20.4 Å². The van der Waals surface area contributed by atoms with Crippen molar-refractivity contribution in [1.29, 1.82) is 0 Å². The van der Waals surface area contributed by atoms with E-state index in [4.69, 9.17) is 4.74 Å². The van der Waals surface area contributed by atoms with Gasteiger partial charge in [-0.15, -0.1) is 11.3 Å². The van der Waals surface area contributed by atoms with Gasteiger partial charge in [-0.05, 0) is 24.3 Å². The molecule has 0 aliphatic heterocycles. The maximum absolute atomic E-state index is 12.5. The van der Waals surface area contributed by atoms with Gasteiger partial charge >= 0.3 is 5.69 Å². The topological polar surface area (TPSA) is 106 Å². The molecule has 0 saturated heterocycles. The quantitative estimate of drug-likeness (QED) is 0.476. The third-order valence-electron chi connectivity index (χ3n) is 4.49. The second kappa shape index (κ2) is 8.75. The highest BCUT2D eigenvalue weighted by Crippen LogP contribution is 2.25. The number of aromatic amines is 1. The van der Waals surface area contributed by atoms with Gasteiger partial charge in [-0.3, -0.25) is 19.1 Å². The highest BCUT2D eigenvalue weighted by molar-refractivity contribution is 7.07. The van der Waals surface area contributed by atoms with Crippen molar-refractivity contribution in [2.45, 2.75) is 19.6 Å². The molecular formula is C21H18N4O4S. The number of aromatic nitrogens is 3. The summed E-state index contributed by atoms with van der Waals surface area (Å²) in [6.45, 7) is 0.430. The number of benzene rings is 2. The number of rotatable bonds is 7. The van der Waals surface area contributed by atoms with Crippen LogP contribution in [0, 0.1) is 0 Å². The van der Waals surface area contributed by atoms with Crippen LogP contribution in [0.25, 0.3) is 10.9 Å². The molecule has 0 bridgehead atoms. The summed E-state index contributed by atoms with van der Waals surface area (Å²) in [5.74, 6) is 0.257. The Morgan fingerprint density at radius 2 is 1.93 bits per heavy atom. The number of fused-ring (bicyclic) bond motifs is 1. The lowest BCUT2D eigenvalue weighted by molar-refractivity contribution is -0.116. The minimum atomic E-state index is -0.543. The number of carbonyl (C=O) groups is 1. The molecule has 0 aliphatic rings. The lowest BCUT2D eigenvalue weighted by Gasteiger charge is -2.13. The number of amides is 1. The molecule has 4 aromatic rings. The van der Waals surface area contributed by atoms with Gasteiger partial charge in [0.2, 0.25) is 5.91 Å². The summed E-state index contributed by atoms with van der Waals surface area (Å²) in [4.78, 5) is 43.2. The van der Waals surface area contributed by atoms with Crippen molar-refractivity contribution in [3.05, 3.63) is 86.0 Å². The monoisotopic (exact) mass is 422 g/mol. The average Bonchev–Trinajstić information content (AvgIpc) is 3.27. The molecule has 2 heterocycles. The predicted molar refractivity (Wildman–Crippen MR) is 115 cm³/mol. The molecular weight excluding hydrogens is 404 g/mol. The first-order chi connectivity index (χ1) is 14.6. The van der Waals surface area contributed by atoms with Crippen molar-refractivity contribution in [2.24, 2.45) is 0 Å². The minimum absolute atomic E-state index is 0.0519. The first-order valence-electron chi connectivity index (χ1n) is 9.22. The fourth-order valence-electron chi connectivity index (χ4n) is 3.05. The second-order valence-electron chi connectivity index (χ2n) is 6.49. The van der Waals surface area contributed by atoms with Crippen LogP contribution in [0.4, 0.5) is 5.69 Å². The third kappa shape index (κ3) is 4.31. The van der Waals surface area contributed by atoms with Crippen molar-refractivity contribution in [3.8, 4) is 5.75 Å². The number of ether oxygens (including phenoxy) is 1. The van der Waals surface area contributed by atoms with E-state index in [2.05, 4.69) is 15.3 Å². The Hall–Kier alpha value is -3.72. The molecule has 2 aromatic carbocycles. The Morgan fingerprint density at radius 1 is 1.13 bits per heavy atom. The van der Waals surface area contributed by atoms with E-state index in [1.54, 1.807) is 48.0 Å². The fraction of sp³-hybridized carbons (Fsp3) is 0.143. The smallest absolute Gasteiger partial charge is 0.328 e. The number of hydrogen-bond acceptors (Lipinski definition) is 6. The SMILES string of the molecule is O=C(CCn1c(=O)[nH]c(=O)c2ccccc21)Nc1ccccc1OCc1cscn1. The fourth-order valence-corrected chi connectivity index (χ4v) is 3.59. The minimum Gasteiger partial charge on any atom is -0.485 e. The lowest BCUT2D eigenvalue weighted by Crippen LogP contribution is -2.31. The summed E-state index contributed by atoms with van der Waals surface area (Å²) < 4.78 is 7.16. The zero-order chi connectivity index (χ0) is 20.9. The van der Waals surface area contributed by atoms with E-state index < -0.39 is 11.2 Å². The van der Waals surface area contributed by atoms with Gasteiger partial charge in [0.1, 0.15) is 12.4 Å². The lowest BCUT2D eigenvalue weighted by atomic mass is 10.2. The van der Waals surface area contributed by atoms with E-state index in [9.17, 15) is 14.4 Å². The standard InChI is InChI=1S/C21H18N4O4S/c26-19(9-10-25-17-7-3-1-5-15(17)20(27)24-21(25)28)23-16-6-2-4-8-18(16)29-11-14-12-30-13-22-14/h1-8,12-13H,9-11H2,(H,23,26)(H,24,27,28). The molecule has 9 heteroatoms. The Balaban J connectivity index is 1.46. The van der Waals surface area contributed by atoms with Crippen molar-refractivity contribution >= 4 is 33.8 Å².